The van der Waals surface area contributed by atoms with Gasteiger partial charge in [0.1, 0.15) is 11.2 Å². The molecule has 2 aliphatic heterocycles. The van der Waals surface area contributed by atoms with E-state index in [9.17, 15) is 19.2 Å². The highest BCUT2D eigenvalue weighted by atomic mass is 16.2. The molecule has 1 aromatic heterocycles. The predicted molar refractivity (Wildman–Crippen MR) is 111 cm³/mol. The molecule has 0 fully saturated rings. The Balaban J connectivity index is 2.00. The molecule has 0 bridgehead atoms. The molecule has 5 rings (SSSR count). The highest BCUT2D eigenvalue weighted by molar-refractivity contribution is 6.19. The molecule has 0 saturated carbocycles. The minimum absolute atomic E-state index is 0.112. The number of benzene rings is 1. The first kappa shape index (κ1) is 18.6. The summed E-state index contributed by atoms with van der Waals surface area (Å²) in [4.78, 5) is 53.1. The molecule has 0 saturated heterocycles. The topological polar surface area (TPSA) is 102 Å². The van der Waals surface area contributed by atoms with Crippen molar-refractivity contribution >= 4 is 23.2 Å². The molecule has 2 N–H and O–H groups in total. The van der Waals surface area contributed by atoms with Gasteiger partial charge in [0.25, 0.3) is 5.56 Å². The molecule has 1 atom stereocenters. The summed E-state index contributed by atoms with van der Waals surface area (Å²) >= 11 is 0. The number of anilines is 2. The summed E-state index contributed by atoms with van der Waals surface area (Å²) in [5.41, 5.74) is -0.831. The molecule has 1 unspecified atom stereocenters. The van der Waals surface area contributed by atoms with Crippen molar-refractivity contribution in [3.8, 4) is 0 Å². The Hall–Kier alpha value is -3.42. The van der Waals surface area contributed by atoms with Crippen molar-refractivity contribution in [2.75, 3.05) is 10.6 Å². The van der Waals surface area contributed by atoms with Gasteiger partial charge in [-0.05, 0) is 17.9 Å². The second-order valence-electron chi connectivity index (χ2n) is 9.10. The van der Waals surface area contributed by atoms with Crippen LogP contribution in [0.1, 0.15) is 37.8 Å². The SMILES string of the molecule is Cn1c2c(c(=O)n(C)c1=O)C1(C(=O)Nc3ccccc31)C1=C(CC(C)(C)CC1=O)N2. The minimum atomic E-state index is -1.58. The van der Waals surface area contributed by atoms with Gasteiger partial charge in [0.15, 0.2) is 5.78 Å². The molecule has 1 aromatic carbocycles. The van der Waals surface area contributed by atoms with Crippen molar-refractivity contribution < 1.29 is 9.59 Å². The molecule has 3 aliphatic rings. The van der Waals surface area contributed by atoms with E-state index < -0.39 is 22.6 Å². The lowest BCUT2D eigenvalue weighted by Crippen LogP contribution is -2.54. The van der Waals surface area contributed by atoms with Gasteiger partial charge in [-0.1, -0.05) is 32.0 Å². The van der Waals surface area contributed by atoms with Crippen LogP contribution in [0.5, 0.6) is 0 Å². The van der Waals surface area contributed by atoms with Gasteiger partial charge in [-0.2, -0.15) is 0 Å². The maximum Gasteiger partial charge on any atom is 0.332 e. The number of nitrogens with zero attached hydrogens (tertiary/aromatic N) is 2. The molecule has 2 aromatic rings. The molecule has 1 spiro atoms. The summed E-state index contributed by atoms with van der Waals surface area (Å²) < 4.78 is 2.32. The molecule has 1 amide bonds. The van der Waals surface area contributed by atoms with Crippen LogP contribution < -0.4 is 21.9 Å². The third kappa shape index (κ3) is 2.05. The van der Waals surface area contributed by atoms with E-state index in [4.69, 9.17) is 0 Å². The third-order valence-electron chi connectivity index (χ3n) is 6.48. The second kappa shape index (κ2) is 5.59. The van der Waals surface area contributed by atoms with E-state index in [2.05, 4.69) is 10.6 Å². The molecule has 8 heteroatoms. The van der Waals surface area contributed by atoms with E-state index in [1.807, 2.05) is 13.8 Å². The van der Waals surface area contributed by atoms with Crippen LogP contribution in [0, 0.1) is 5.41 Å². The van der Waals surface area contributed by atoms with E-state index in [-0.39, 0.29) is 29.0 Å². The third-order valence-corrected chi connectivity index (χ3v) is 6.48. The number of carbonyl (C=O) groups excluding carboxylic acids is 2. The Bertz CT molecular complexity index is 1330. The number of amides is 1. The van der Waals surface area contributed by atoms with Crippen molar-refractivity contribution in [2.45, 2.75) is 32.1 Å². The first-order chi connectivity index (χ1) is 14.1. The molecule has 3 heterocycles. The second-order valence-corrected chi connectivity index (χ2v) is 9.10. The monoisotopic (exact) mass is 406 g/mol. The van der Waals surface area contributed by atoms with Gasteiger partial charge >= 0.3 is 5.69 Å². The van der Waals surface area contributed by atoms with Crippen molar-refractivity contribution in [1.29, 1.82) is 0 Å². The van der Waals surface area contributed by atoms with Gasteiger partial charge < -0.3 is 10.6 Å². The summed E-state index contributed by atoms with van der Waals surface area (Å²) in [6.45, 7) is 3.98. The summed E-state index contributed by atoms with van der Waals surface area (Å²) in [6, 6.07) is 7.10. The van der Waals surface area contributed by atoms with Gasteiger partial charge in [0.2, 0.25) is 5.91 Å². The Labute approximate surface area is 172 Å². The average molecular weight is 406 g/mol. The zero-order valence-electron chi connectivity index (χ0n) is 17.3. The van der Waals surface area contributed by atoms with E-state index in [1.165, 1.54) is 11.6 Å². The fourth-order valence-electron chi connectivity index (χ4n) is 5.21. The zero-order chi connectivity index (χ0) is 21.6. The Kier molecular flexibility index (Phi) is 3.47. The van der Waals surface area contributed by atoms with Crippen LogP contribution in [-0.4, -0.2) is 20.8 Å². The lowest BCUT2D eigenvalue weighted by molar-refractivity contribution is -0.123. The Morgan fingerprint density at radius 1 is 0.933 bits per heavy atom. The number of hydrogen-bond donors (Lipinski definition) is 2. The van der Waals surface area contributed by atoms with Gasteiger partial charge in [-0.15, -0.1) is 0 Å². The number of Topliss-reactive ketones (excluding diaryl/α,β-unsaturated/α-hetero) is 1. The lowest BCUT2D eigenvalue weighted by atomic mass is 9.61. The molecular weight excluding hydrogens is 384 g/mol. The number of fused-ring (bicyclic) bond motifs is 5. The molecular formula is C22H22N4O4. The predicted octanol–water partition coefficient (Wildman–Crippen LogP) is 1.39. The van der Waals surface area contributed by atoms with Crippen LogP contribution in [-0.2, 0) is 29.1 Å². The Morgan fingerprint density at radius 2 is 1.63 bits per heavy atom. The normalized spacial score (nSPS) is 23.6. The van der Waals surface area contributed by atoms with E-state index in [1.54, 1.807) is 31.3 Å². The van der Waals surface area contributed by atoms with Crippen LogP contribution >= 0.6 is 0 Å². The van der Waals surface area contributed by atoms with Crippen LogP contribution in [0.2, 0.25) is 0 Å². The van der Waals surface area contributed by atoms with Crippen LogP contribution in [0.3, 0.4) is 0 Å². The number of hydrogen-bond acceptors (Lipinski definition) is 5. The minimum Gasteiger partial charge on any atom is -0.344 e. The fraction of sp³-hybridized carbons (Fsp3) is 0.364. The van der Waals surface area contributed by atoms with E-state index in [0.29, 0.717) is 28.9 Å². The summed E-state index contributed by atoms with van der Waals surface area (Å²) in [5.74, 6) is -0.343. The maximum absolute atomic E-state index is 13.6. The van der Waals surface area contributed by atoms with E-state index in [0.717, 1.165) is 4.57 Å². The number of para-hydroxylation sites is 1. The van der Waals surface area contributed by atoms with Crippen molar-refractivity contribution in [2.24, 2.45) is 19.5 Å². The van der Waals surface area contributed by atoms with Crippen LogP contribution in [0.15, 0.2) is 45.1 Å². The molecule has 30 heavy (non-hydrogen) atoms. The van der Waals surface area contributed by atoms with Crippen molar-refractivity contribution in [3.05, 3.63) is 67.5 Å². The molecule has 0 radical (unpaired) electrons. The fourth-order valence-corrected chi connectivity index (χ4v) is 5.21. The highest BCUT2D eigenvalue weighted by Gasteiger charge is 2.60. The van der Waals surface area contributed by atoms with Crippen molar-refractivity contribution in [1.82, 2.24) is 9.13 Å². The Morgan fingerprint density at radius 3 is 2.37 bits per heavy atom. The first-order valence-corrected chi connectivity index (χ1v) is 9.85. The summed E-state index contributed by atoms with van der Waals surface area (Å²) in [7, 11) is 2.94. The van der Waals surface area contributed by atoms with Crippen molar-refractivity contribution in [3.63, 3.8) is 0 Å². The number of nitrogens with one attached hydrogen (secondary N) is 2. The summed E-state index contributed by atoms with van der Waals surface area (Å²) in [6.07, 6.45) is 0.792. The average Bonchev–Trinajstić information content (AvgIpc) is 2.95. The van der Waals surface area contributed by atoms with Gasteiger partial charge in [-0.25, -0.2) is 4.79 Å². The lowest BCUT2D eigenvalue weighted by Gasteiger charge is -2.43. The first-order valence-electron chi connectivity index (χ1n) is 9.85. The summed E-state index contributed by atoms with van der Waals surface area (Å²) in [5, 5.41) is 6.06. The maximum atomic E-state index is 13.6. The number of carbonyl (C=O) groups is 2. The molecule has 8 nitrogen and oxygen atoms in total. The quantitative estimate of drug-likeness (QED) is 0.688. The number of rotatable bonds is 0. The molecule has 1 aliphatic carbocycles. The van der Waals surface area contributed by atoms with Gasteiger partial charge in [0, 0.05) is 43.0 Å². The number of ketones is 1. The largest absolute Gasteiger partial charge is 0.344 e. The standard InChI is InChI=1S/C22H22N4O4/c1-21(2)9-13-15(14(27)10-21)22(11-7-5-6-8-12(11)24-19(22)29)16-17(23-13)25(3)20(30)26(4)18(16)28/h5-8,23H,9-10H2,1-4H3,(H,24,29). The highest BCUT2D eigenvalue weighted by Crippen LogP contribution is 2.55. The smallest absolute Gasteiger partial charge is 0.332 e. The van der Waals surface area contributed by atoms with E-state index >= 15 is 0 Å². The van der Waals surface area contributed by atoms with Crippen LogP contribution in [0.25, 0.3) is 0 Å². The van der Waals surface area contributed by atoms with Crippen LogP contribution in [0.4, 0.5) is 11.5 Å². The number of allylic oxidation sites excluding steroid dienone is 1. The van der Waals surface area contributed by atoms with Gasteiger partial charge in [0.05, 0.1) is 5.56 Å². The zero-order valence-corrected chi connectivity index (χ0v) is 17.3. The van der Waals surface area contributed by atoms with Gasteiger partial charge in [-0.3, -0.25) is 23.5 Å². The number of aromatic nitrogens is 2. The molecule has 154 valence electrons.